The maximum Gasteiger partial charge on any atom is 0.245 e. The number of nitrogens with two attached hydrogens (primary N) is 3. The molecule has 0 aliphatic rings. The van der Waals surface area contributed by atoms with Gasteiger partial charge in [0.05, 0.1) is 13.1 Å². The summed E-state index contributed by atoms with van der Waals surface area (Å²) in [6.07, 6.45) is 1.19. The average Bonchev–Trinajstić information content (AvgIpc) is 2.91. The Morgan fingerprint density at radius 3 is 1.84 bits per heavy atom. The summed E-state index contributed by atoms with van der Waals surface area (Å²) in [4.78, 5) is 57.7. The van der Waals surface area contributed by atoms with Crippen LogP contribution in [0.1, 0.15) is 30.9 Å². The summed E-state index contributed by atoms with van der Waals surface area (Å²) in [5.41, 5.74) is 17.6. The third kappa shape index (κ3) is 12.9. The number of benzene rings is 2. The molecule has 11 nitrogen and oxygen atoms in total. The first-order valence-electron chi connectivity index (χ1n) is 13.3. The minimum Gasteiger partial charge on any atom is -0.370 e. The predicted molar refractivity (Wildman–Crippen MR) is 170 cm³/mol. The number of aliphatic imine (C=N–C) groups is 1. The van der Waals surface area contributed by atoms with Gasteiger partial charge < -0.3 is 32.3 Å². The van der Waals surface area contributed by atoms with Crippen molar-refractivity contribution in [3.8, 4) is 0 Å². The summed E-state index contributed by atoms with van der Waals surface area (Å²) < 4.78 is 0. The molecular weight excluding hydrogens is 640 g/mol. The van der Waals surface area contributed by atoms with Gasteiger partial charge in [0.2, 0.25) is 23.6 Å². The molecule has 0 bridgehead atoms. The zero-order valence-electron chi connectivity index (χ0n) is 23.6. The van der Waals surface area contributed by atoms with Gasteiger partial charge in [0.1, 0.15) is 6.04 Å². The summed E-state index contributed by atoms with van der Waals surface area (Å²) in [6.45, 7) is 0.934. The zero-order chi connectivity index (χ0) is 32.1. The molecule has 0 saturated carbocycles. The van der Waals surface area contributed by atoms with Crippen molar-refractivity contribution in [1.29, 1.82) is 0 Å². The largest absolute Gasteiger partial charge is 0.370 e. The zero-order valence-corrected chi connectivity index (χ0v) is 26.6. The number of carbonyl (C=O) groups is 4. The second-order valence-corrected chi connectivity index (χ2v) is 11.4. The van der Waals surface area contributed by atoms with E-state index in [4.69, 9.17) is 63.6 Å². The van der Waals surface area contributed by atoms with E-state index in [2.05, 4.69) is 10.3 Å². The first-order chi connectivity index (χ1) is 20.3. The van der Waals surface area contributed by atoms with Crippen LogP contribution in [0.5, 0.6) is 0 Å². The molecule has 4 amide bonds. The Morgan fingerprint density at radius 2 is 1.37 bits per heavy atom. The van der Waals surface area contributed by atoms with E-state index in [1.54, 1.807) is 36.4 Å². The van der Waals surface area contributed by atoms with Crippen molar-refractivity contribution < 1.29 is 19.2 Å². The van der Waals surface area contributed by atoms with Gasteiger partial charge in [-0.05, 0) is 61.1 Å². The molecule has 1 atom stereocenters. The highest BCUT2D eigenvalue weighted by atomic mass is 35.5. The summed E-state index contributed by atoms with van der Waals surface area (Å²) >= 11 is 24.6. The Balaban J connectivity index is 2.31. The summed E-state index contributed by atoms with van der Waals surface area (Å²) in [5, 5.41) is 4.37. The first-order valence-corrected chi connectivity index (χ1v) is 14.8. The Kier molecular flexibility index (Phi) is 14.9. The van der Waals surface area contributed by atoms with Crippen LogP contribution >= 0.6 is 46.4 Å². The molecule has 0 radical (unpaired) electrons. The Hall–Kier alpha value is -3.25. The first kappa shape index (κ1) is 35.9. The fourth-order valence-corrected chi connectivity index (χ4v) is 5.20. The lowest BCUT2D eigenvalue weighted by Gasteiger charge is -2.30. The maximum absolute atomic E-state index is 13.8. The van der Waals surface area contributed by atoms with Gasteiger partial charge in [-0.1, -0.05) is 58.5 Å². The number of nitrogens with one attached hydrogen (secondary N) is 1. The van der Waals surface area contributed by atoms with Gasteiger partial charge in [0.15, 0.2) is 5.96 Å². The molecule has 0 spiro atoms. The van der Waals surface area contributed by atoms with Crippen LogP contribution in [0, 0.1) is 0 Å². The van der Waals surface area contributed by atoms with Crippen molar-refractivity contribution in [3.05, 3.63) is 67.6 Å². The molecule has 1 unspecified atom stereocenters. The molecule has 0 aliphatic carbocycles. The minimum atomic E-state index is -0.961. The van der Waals surface area contributed by atoms with E-state index in [1.807, 2.05) is 0 Å². The van der Waals surface area contributed by atoms with Crippen LogP contribution in [0.4, 0.5) is 0 Å². The normalized spacial score (nSPS) is 11.4. The SMILES string of the molecule is CC(=O)NC(CCCN=C(N)N)C(=O)N(CCc1ccc(Cl)cc1Cl)CC(=O)N(CCc1ccc(Cl)cc1Cl)CC(N)=O. The number of guanidine groups is 1. The van der Waals surface area contributed by atoms with E-state index >= 15 is 0 Å². The molecule has 7 N–H and O–H groups in total. The lowest BCUT2D eigenvalue weighted by molar-refractivity contribution is -0.143. The Bertz CT molecular complexity index is 1340. The third-order valence-corrected chi connectivity index (χ3v) is 7.46. The number of hydrogen-bond acceptors (Lipinski definition) is 5. The quantitative estimate of drug-likeness (QED) is 0.121. The molecule has 2 rings (SSSR count). The van der Waals surface area contributed by atoms with Crippen LogP contribution in [-0.2, 0) is 32.0 Å². The molecule has 0 aromatic heterocycles. The van der Waals surface area contributed by atoms with Crippen molar-refractivity contribution in [2.45, 2.75) is 38.6 Å². The number of amides is 4. The van der Waals surface area contributed by atoms with Gasteiger partial charge in [0, 0.05) is 46.6 Å². The highest BCUT2D eigenvalue weighted by Crippen LogP contribution is 2.23. The number of rotatable bonds is 16. The Labute approximate surface area is 270 Å². The number of hydrogen-bond donors (Lipinski definition) is 4. The fraction of sp³-hybridized carbons (Fsp3) is 0.393. The molecular formula is C28H35Cl4N7O4. The van der Waals surface area contributed by atoms with E-state index < -0.39 is 36.2 Å². The topological polar surface area (TPSA) is 177 Å². The van der Waals surface area contributed by atoms with E-state index in [9.17, 15) is 19.2 Å². The highest BCUT2D eigenvalue weighted by molar-refractivity contribution is 6.35. The van der Waals surface area contributed by atoms with Crippen LogP contribution in [0.15, 0.2) is 41.4 Å². The van der Waals surface area contributed by atoms with Crippen LogP contribution < -0.4 is 22.5 Å². The van der Waals surface area contributed by atoms with Crippen molar-refractivity contribution in [2.75, 3.05) is 32.7 Å². The van der Waals surface area contributed by atoms with E-state index in [0.29, 0.717) is 44.1 Å². The van der Waals surface area contributed by atoms with Crippen molar-refractivity contribution in [1.82, 2.24) is 15.1 Å². The minimum absolute atomic E-state index is 0.0728. The summed E-state index contributed by atoms with van der Waals surface area (Å²) in [6, 6.07) is 8.99. The van der Waals surface area contributed by atoms with E-state index in [0.717, 1.165) is 0 Å². The van der Waals surface area contributed by atoms with Gasteiger partial charge in [0.25, 0.3) is 0 Å². The molecule has 0 fully saturated rings. The molecule has 2 aromatic rings. The van der Waals surface area contributed by atoms with Crippen molar-refractivity contribution >= 4 is 76.0 Å². The van der Waals surface area contributed by atoms with Gasteiger partial charge in [-0.3, -0.25) is 24.2 Å². The lowest BCUT2D eigenvalue weighted by Crippen LogP contribution is -2.52. The van der Waals surface area contributed by atoms with Crippen molar-refractivity contribution in [3.63, 3.8) is 0 Å². The second kappa shape index (κ2) is 17.8. The van der Waals surface area contributed by atoms with Crippen LogP contribution in [0.25, 0.3) is 0 Å². The second-order valence-electron chi connectivity index (χ2n) is 9.71. The van der Waals surface area contributed by atoms with Crippen LogP contribution in [-0.4, -0.2) is 78.2 Å². The van der Waals surface area contributed by atoms with E-state index in [-0.39, 0.29) is 45.0 Å². The van der Waals surface area contributed by atoms with Crippen LogP contribution in [0.3, 0.4) is 0 Å². The molecule has 15 heteroatoms. The average molecular weight is 675 g/mol. The van der Waals surface area contributed by atoms with E-state index in [1.165, 1.54) is 16.7 Å². The molecule has 43 heavy (non-hydrogen) atoms. The lowest BCUT2D eigenvalue weighted by atomic mass is 10.1. The predicted octanol–water partition coefficient (Wildman–Crippen LogP) is 2.79. The molecule has 234 valence electrons. The monoisotopic (exact) mass is 673 g/mol. The van der Waals surface area contributed by atoms with Crippen molar-refractivity contribution in [2.24, 2.45) is 22.2 Å². The molecule has 0 aliphatic heterocycles. The van der Waals surface area contributed by atoms with Crippen LogP contribution in [0.2, 0.25) is 20.1 Å². The number of primary amides is 1. The van der Waals surface area contributed by atoms with Gasteiger partial charge in [-0.2, -0.15) is 0 Å². The molecule has 0 heterocycles. The molecule has 2 aromatic carbocycles. The van der Waals surface area contributed by atoms with Gasteiger partial charge in [-0.15, -0.1) is 0 Å². The standard InChI is InChI=1S/C28H35Cl4N7O4/c1-17(40)37-24(3-2-10-36-28(34)35)27(43)39(12-9-19-5-7-21(30)14-23(19)32)16-26(42)38(15-25(33)41)11-8-18-4-6-20(29)13-22(18)31/h4-7,13-14,24H,2-3,8-12,15-16H2,1H3,(H2,33,41)(H,37,40)(H4,34,35,36). The summed E-state index contributed by atoms with van der Waals surface area (Å²) in [5.74, 6) is -2.27. The number of carbonyl (C=O) groups excluding carboxylic acids is 4. The number of nitrogens with zero attached hydrogens (tertiary/aromatic N) is 3. The summed E-state index contributed by atoms with van der Waals surface area (Å²) in [7, 11) is 0. The van der Waals surface area contributed by atoms with Gasteiger partial charge >= 0.3 is 0 Å². The maximum atomic E-state index is 13.8. The molecule has 0 saturated heterocycles. The fourth-order valence-electron chi connectivity index (χ4n) is 4.20. The Morgan fingerprint density at radius 1 is 0.837 bits per heavy atom. The smallest absolute Gasteiger partial charge is 0.245 e. The number of halogens is 4. The highest BCUT2D eigenvalue weighted by Gasteiger charge is 2.28. The van der Waals surface area contributed by atoms with Gasteiger partial charge in [-0.25, -0.2) is 0 Å². The third-order valence-electron chi connectivity index (χ3n) is 6.29.